The minimum atomic E-state index is -0.702. The maximum atomic E-state index is 3.97. The van der Waals surface area contributed by atoms with Gasteiger partial charge in [0.15, 0.2) is 7.28 Å². The van der Waals surface area contributed by atoms with Crippen molar-refractivity contribution in [2.45, 2.75) is 45.3 Å². The van der Waals surface area contributed by atoms with Crippen LogP contribution in [0.3, 0.4) is 0 Å². The average molecular weight is 788 g/mol. The van der Waals surface area contributed by atoms with Crippen LogP contribution in [-0.2, 0) is 11.8 Å². The van der Waals surface area contributed by atoms with Crippen molar-refractivity contribution >= 4 is 46.2 Å². The third-order valence-corrected chi connectivity index (χ3v) is 12.5. The van der Waals surface area contributed by atoms with Crippen LogP contribution in [0.15, 0.2) is 194 Å². The van der Waals surface area contributed by atoms with Gasteiger partial charge in [0.25, 0.3) is 0 Å². The Labute approximate surface area is 363 Å². The first kappa shape index (κ1) is 39.6. The molecule has 9 rings (SSSR count). The molecule has 2 nitrogen and oxygen atoms in total. The van der Waals surface area contributed by atoms with E-state index < -0.39 is 5.41 Å². The lowest BCUT2D eigenvalue weighted by molar-refractivity contribution is 0.803. The first-order valence-corrected chi connectivity index (χ1v) is 21.7. The molecule has 0 amide bonds. The molecule has 61 heavy (non-hydrogen) atoms. The van der Waals surface area contributed by atoms with Crippen LogP contribution < -0.4 is 16.1 Å². The third kappa shape index (κ3) is 7.40. The largest absolute Gasteiger partial charge is 0.388 e. The summed E-state index contributed by atoms with van der Waals surface area (Å²) < 4.78 is 0. The number of allylic oxidation sites excluding steroid dienone is 4. The number of hydrogen-bond acceptors (Lipinski definition) is 2. The van der Waals surface area contributed by atoms with Gasteiger partial charge in [-0.3, -0.25) is 0 Å². The molecule has 0 aromatic heterocycles. The summed E-state index contributed by atoms with van der Waals surface area (Å²) in [5.74, 6) is 0. The Bertz CT molecular complexity index is 2850. The molecule has 0 bridgehead atoms. The van der Waals surface area contributed by atoms with Gasteiger partial charge in [-0.1, -0.05) is 188 Å². The van der Waals surface area contributed by atoms with Crippen molar-refractivity contribution in [2.24, 2.45) is 0 Å². The first-order valence-electron chi connectivity index (χ1n) is 21.7. The molecule has 0 unspecified atom stereocenters. The van der Waals surface area contributed by atoms with Crippen LogP contribution in [0.4, 0.5) is 17.1 Å². The zero-order chi connectivity index (χ0) is 41.8. The highest BCUT2D eigenvalue weighted by Crippen LogP contribution is 2.53. The molecular formula is C58H52BN2. The van der Waals surface area contributed by atoms with Crippen molar-refractivity contribution in [1.29, 1.82) is 0 Å². The summed E-state index contributed by atoms with van der Waals surface area (Å²) in [6.45, 7) is 6.67. The maximum Gasteiger partial charge on any atom is 0.157 e. The van der Waals surface area contributed by atoms with Gasteiger partial charge in [0, 0.05) is 29.7 Å². The van der Waals surface area contributed by atoms with Gasteiger partial charge in [-0.15, -0.1) is 0 Å². The van der Waals surface area contributed by atoms with E-state index in [4.69, 9.17) is 0 Å². The molecule has 8 aromatic rings. The molecule has 0 saturated heterocycles. The van der Waals surface area contributed by atoms with Gasteiger partial charge >= 0.3 is 0 Å². The van der Waals surface area contributed by atoms with Crippen molar-refractivity contribution in [3.8, 4) is 22.3 Å². The fraction of sp³-hybridized carbons (Fsp3) is 0.138. The van der Waals surface area contributed by atoms with Gasteiger partial charge in [0.1, 0.15) is 0 Å². The number of fused-ring (bicyclic) bond motifs is 2. The normalized spacial score (nSPS) is 13.9. The molecule has 0 atom stereocenters. The van der Waals surface area contributed by atoms with E-state index >= 15 is 0 Å². The van der Waals surface area contributed by atoms with Gasteiger partial charge in [0.05, 0.1) is 5.41 Å². The summed E-state index contributed by atoms with van der Waals surface area (Å²) in [5, 5.41) is 10.0. The van der Waals surface area contributed by atoms with Gasteiger partial charge in [0.2, 0.25) is 0 Å². The van der Waals surface area contributed by atoms with Crippen LogP contribution in [0.5, 0.6) is 0 Å². The SMILES string of the molecule is CCCc1cc(Nc2ccc(C)cc2)c(-c2c3c(cc4ccccc24)/C(C(c2ccccc2)(c2ccccc2)c2ccccc2NC)=C\C=C/C[B]3)cc1-c1ccccc1C. The summed E-state index contributed by atoms with van der Waals surface area (Å²) in [7, 11) is 4.50. The fourth-order valence-corrected chi connectivity index (χ4v) is 9.62. The standard InChI is InChI=1S/C58H52BN2/c1-5-20-42-38-55(61-46-34-32-40(2)33-35-46)51(39-49(42)47-27-14-12-21-41(47)3)56-48-28-15-13-22-43(48)37-50-52(29-18-19-36-59-57(50)56)58(44-23-8-6-9-24-44,45-25-10-7-11-26-45)53-30-16-17-31-54(53)60-4/h6-19,21-35,37-39,60-61H,5,20,36H2,1-4H3/b19-18-,52-29+. The van der Waals surface area contributed by atoms with Crippen LogP contribution in [0.25, 0.3) is 38.6 Å². The lowest BCUT2D eigenvalue weighted by Gasteiger charge is -2.41. The molecule has 3 heteroatoms. The molecule has 0 fully saturated rings. The second-order valence-corrected chi connectivity index (χ2v) is 16.3. The highest BCUT2D eigenvalue weighted by atomic mass is 14.9. The summed E-state index contributed by atoms with van der Waals surface area (Å²) in [6, 6.07) is 65.0. The molecule has 0 saturated carbocycles. The van der Waals surface area contributed by atoms with E-state index in [1.54, 1.807) is 0 Å². The average Bonchev–Trinajstić information content (AvgIpc) is 3.29. The number of aryl methyl sites for hydroxylation is 3. The number of benzene rings is 8. The van der Waals surface area contributed by atoms with Crippen molar-refractivity contribution in [1.82, 2.24) is 0 Å². The lowest BCUT2D eigenvalue weighted by Crippen LogP contribution is -2.35. The summed E-state index contributed by atoms with van der Waals surface area (Å²) in [5.41, 5.74) is 18.7. The van der Waals surface area contributed by atoms with Gasteiger partial charge < -0.3 is 10.6 Å². The Balaban J connectivity index is 1.43. The fourth-order valence-electron chi connectivity index (χ4n) is 9.62. The quantitative estimate of drug-likeness (QED) is 0.101. The van der Waals surface area contributed by atoms with E-state index in [0.717, 1.165) is 36.2 Å². The van der Waals surface area contributed by atoms with Crippen molar-refractivity contribution in [3.05, 3.63) is 233 Å². The Kier molecular flexibility index (Phi) is 11.3. The highest BCUT2D eigenvalue weighted by molar-refractivity contribution is 6.58. The Morgan fingerprint density at radius 3 is 2.00 bits per heavy atom. The van der Waals surface area contributed by atoms with E-state index in [1.165, 1.54) is 83.0 Å². The Morgan fingerprint density at radius 2 is 1.28 bits per heavy atom. The second-order valence-electron chi connectivity index (χ2n) is 16.3. The zero-order valence-corrected chi connectivity index (χ0v) is 35.7. The lowest BCUT2D eigenvalue weighted by atomic mass is 9.55. The number of rotatable bonds is 11. The predicted octanol–water partition coefficient (Wildman–Crippen LogP) is 14.3. The summed E-state index contributed by atoms with van der Waals surface area (Å²) >= 11 is 0. The van der Waals surface area contributed by atoms with E-state index in [0.29, 0.717) is 0 Å². The number of anilines is 3. The van der Waals surface area contributed by atoms with Crippen LogP contribution in [-0.4, -0.2) is 14.3 Å². The smallest absolute Gasteiger partial charge is 0.157 e. The summed E-state index contributed by atoms with van der Waals surface area (Å²) in [6.07, 6.45) is 9.80. The van der Waals surface area contributed by atoms with Gasteiger partial charge in [-0.25, -0.2) is 0 Å². The van der Waals surface area contributed by atoms with Gasteiger partial charge in [-0.05, 0) is 123 Å². The van der Waals surface area contributed by atoms with Crippen molar-refractivity contribution in [3.63, 3.8) is 0 Å². The van der Waals surface area contributed by atoms with Crippen molar-refractivity contribution < 1.29 is 0 Å². The van der Waals surface area contributed by atoms with E-state index in [2.05, 4.69) is 233 Å². The molecule has 2 N–H and O–H groups in total. The maximum absolute atomic E-state index is 3.97. The monoisotopic (exact) mass is 787 g/mol. The Morgan fingerprint density at radius 1 is 0.607 bits per heavy atom. The number of para-hydroxylation sites is 1. The molecule has 0 spiro atoms. The topological polar surface area (TPSA) is 24.1 Å². The summed E-state index contributed by atoms with van der Waals surface area (Å²) in [4.78, 5) is 0. The highest BCUT2D eigenvalue weighted by Gasteiger charge is 2.43. The van der Waals surface area contributed by atoms with Crippen molar-refractivity contribution in [2.75, 3.05) is 17.7 Å². The molecule has 1 radical (unpaired) electrons. The minimum absolute atomic E-state index is 0.702. The first-order chi connectivity index (χ1) is 30.0. The van der Waals surface area contributed by atoms with Crippen LogP contribution >= 0.6 is 0 Å². The molecular weight excluding hydrogens is 735 g/mol. The zero-order valence-electron chi connectivity index (χ0n) is 35.7. The molecule has 297 valence electrons. The van der Waals surface area contributed by atoms with Crippen LogP contribution in [0, 0.1) is 13.8 Å². The molecule has 1 aliphatic heterocycles. The van der Waals surface area contributed by atoms with E-state index in [-0.39, 0.29) is 0 Å². The van der Waals surface area contributed by atoms with Crippen LogP contribution in [0.2, 0.25) is 6.32 Å². The van der Waals surface area contributed by atoms with E-state index in [9.17, 15) is 0 Å². The second kappa shape index (κ2) is 17.4. The van der Waals surface area contributed by atoms with Gasteiger partial charge in [-0.2, -0.15) is 0 Å². The molecule has 1 heterocycles. The third-order valence-electron chi connectivity index (χ3n) is 12.5. The Hall–Kier alpha value is -6.84. The molecule has 8 aromatic carbocycles. The predicted molar refractivity (Wildman–Crippen MR) is 264 cm³/mol. The number of nitrogens with one attached hydrogen (secondary N) is 2. The van der Waals surface area contributed by atoms with E-state index in [1.807, 2.05) is 7.05 Å². The minimum Gasteiger partial charge on any atom is -0.388 e. The van der Waals surface area contributed by atoms with Crippen LogP contribution in [0.1, 0.15) is 52.3 Å². The molecule has 1 aliphatic rings. The number of hydrogen-bond donors (Lipinski definition) is 2. The molecule has 0 aliphatic carbocycles.